The number of imide groups is 1. The average molecular weight is 347 g/mol. The minimum atomic E-state index is -1.46. The van der Waals surface area contributed by atoms with Crippen molar-refractivity contribution in [2.24, 2.45) is 0 Å². The van der Waals surface area contributed by atoms with E-state index in [-0.39, 0.29) is 4.91 Å². The Kier molecular flexibility index (Phi) is 3.88. The van der Waals surface area contributed by atoms with Crippen LogP contribution in [0.15, 0.2) is 20.8 Å². The predicted octanol–water partition coefficient (Wildman–Crippen LogP) is 1.30. The van der Waals surface area contributed by atoms with Gasteiger partial charge < -0.3 is 9.90 Å². The molecule has 1 saturated heterocycles. The third kappa shape index (κ3) is 2.82. The number of halogens is 1. The highest BCUT2D eigenvalue weighted by atomic mass is 79.9. The van der Waals surface area contributed by atoms with E-state index in [1.807, 2.05) is 6.07 Å². The number of rotatable bonds is 3. The first-order chi connectivity index (χ1) is 8.47. The van der Waals surface area contributed by atoms with E-state index < -0.39 is 23.7 Å². The SMILES string of the molecule is O=C([O-])CN1C(=O)S/C(=C/c2ccc(Br)s2)C1=O. The Hall–Kier alpha value is -1.12. The van der Waals surface area contributed by atoms with Crippen LogP contribution in [0, 0.1) is 0 Å². The van der Waals surface area contributed by atoms with Gasteiger partial charge in [0.2, 0.25) is 0 Å². The lowest BCUT2D eigenvalue weighted by Gasteiger charge is -2.11. The number of hydrogen-bond donors (Lipinski definition) is 0. The summed E-state index contributed by atoms with van der Waals surface area (Å²) in [7, 11) is 0. The van der Waals surface area contributed by atoms with Crippen LogP contribution in [0.5, 0.6) is 0 Å². The summed E-state index contributed by atoms with van der Waals surface area (Å²) in [6.45, 7) is -0.712. The van der Waals surface area contributed by atoms with Gasteiger partial charge in [-0.1, -0.05) is 0 Å². The van der Waals surface area contributed by atoms with E-state index >= 15 is 0 Å². The summed E-state index contributed by atoms with van der Waals surface area (Å²) in [5.74, 6) is -2.06. The molecular weight excluding hydrogens is 342 g/mol. The van der Waals surface area contributed by atoms with Gasteiger partial charge in [0, 0.05) is 4.88 Å². The maximum Gasteiger partial charge on any atom is 0.293 e. The van der Waals surface area contributed by atoms with Crippen molar-refractivity contribution in [1.82, 2.24) is 4.90 Å². The number of hydrogen-bond acceptors (Lipinski definition) is 6. The Balaban J connectivity index is 2.22. The van der Waals surface area contributed by atoms with Crippen molar-refractivity contribution < 1.29 is 19.5 Å². The number of carboxylic acids is 1. The van der Waals surface area contributed by atoms with Crippen molar-refractivity contribution >= 4 is 62.2 Å². The molecule has 2 heterocycles. The number of carbonyl (C=O) groups excluding carboxylic acids is 3. The quantitative estimate of drug-likeness (QED) is 0.771. The molecule has 94 valence electrons. The number of carbonyl (C=O) groups is 3. The maximum absolute atomic E-state index is 11.8. The zero-order valence-corrected chi connectivity index (χ0v) is 11.9. The molecule has 2 rings (SSSR count). The van der Waals surface area contributed by atoms with E-state index in [4.69, 9.17) is 0 Å². The molecule has 8 heteroatoms. The number of thioether (sulfide) groups is 1. The van der Waals surface area contributed by atoms with Crippen LogP contribution in [0.3, 0.4) is 0 Å². The van der Waals surface area contributed by atoms with Gasteiger partial charge in [-0.15, -0.1) is 11.3 Å². The van der Waals surface area contributed by atoms with Crippen LogP contribution in [0.25, 0.3) is 6.08 Å². The third-order valence-corrected chi connectivity index (χ3v) is 4.51. The fourth-order valence-corrected chi connectivity index (χ4v) is 3.57. The minimum Gasteiger partial charge on any atom is -0.548 e. The van der Waals surface area contributed by atoms with Crippen molar-refractivity contribution in [3.8, 4) is 0 Å². The Labute approximate surface area is 119 Å². The fourth-order valence-electron chi connectivity index (χ4n) is 1.30. The van der Waals surface area contributed by atoms with Gasteiger partial charge in [-0.2, -0.15) is 0 Å². The van der Waals surface area contributed by atoms with Gasteiger partial charge in [0.15, 0.2) is 0 Å². The summed E-state index contributed by atoms with van der Waals surface area (Å²) < 4.78 is 0.905. The van der Waals surface area contributed by atoms with E-state index in [2.05, 4.69) is 15.9 Å². The highest BCUT2D eigenvalue weighted by Crippen LogP contribution is 2.33. The number of aliphatic carboxylic acids is 1. The lowest BCUT2D eigenvalue weighted by molar-refractivity contribution is -0.305. The molecule has 1 aromatic rings. The van der Waals surface area contributed by atoms with Crippen molar-refractivity contribution in [3.63, 3.8) is 0 Å². The number of thiophene rings is 1. The van der Waals surface area contributed by atoms with Crippen LogP contribution in [0.4, 0.5) is 4.79 Å². The zero-order chi connectivity index (χ0) is 13.3. The Bertz CT molecular complexity index is 566. The van der Waals surface area contributed by atoms with Crippen LogP contribution in [0.2, 0.25) is 0 Å². The van der Waals surface area contributed by atoms with Gasteiger partial charge in [0.25, 0.3) is 11.1 Å². The first-order valence-corrected chi connectivity index (χ1v) is 7.10. The summed E-state index contributed by atoms with van der Waals surface area (Å²) in [4.78, 5) is 35.3. The second kappa shape index (κ2) is 5.25. The molecule has 1 fully saturated rings. The normalized spacial score (nSPS) is 17.8. The summed E-state index contributed by atoms with van der Waals surface area (Å²) >= 11 is 5.42. The lowest BCUT2D eigenvalue weighted by atomic mass is 10.3. The van der Waals surface area contributed by atoms with E-state index in [0.717, 1.165) is 20.4 Å². The Morgan fingerprint density at radius 3 is 2.72 bits per heavy atom. The van der Waals surface area contributed by atoms with Gasteiger partial charge in [-0.3, -0.25) is 14.5 Å². The van der Waals surface area contributed by atoms with Gasteiger partial charge in [-0.25, -0.2) is 0 Å². The molecule has 0 aromatic carbocycles. The van der Waals surface area contributed by atoms with Crippen molar-refractivity contribution in [3.05, 3.63) is 25.7 Å². The lowest BCUT2D eigenvalue weighted by Crippen LogP contribution is -2.40. The number of amides is 2. The van der Waals surface area contributed by atoms with E-state index in [0.29, 0.717) is 4.90 Å². The molecular formula is C10H5BrNO4S2-. The van der Waals surface area contributed by atoms with Crippen molar-refractivity contribution in [1.29, 1.82) is 0 Å². The average Bonchev–Trinajstić information content (AvgIpc) is 2.78. The molecule has 18 heavy (non-hydrogen) atoms. The molecule has 0 radical (unpaired) electrons. The van der Waals surface area contributed by atoms with Crippen LogP contribution in [0.1, 0.15) is 4.88 Å². The van der Waals surface area contributed by atoms with Crippen LogP contribution < -0.4 is 5.11 Å². The molecule has 1 aromatic heterocycles. The molecule has 2 amide bonds. The summed E-state index contributed by atoms with van der Waals surface area (Å²) in [5, 5.41) is 9.83. The van der Waals surface area contributed by atoms with Crippen LogP contribution in [-0.4, -0.2) is 28.6 Å². The molecule has 0 N–H and O–H groups in total. The second-order valence-corrected chi connectivity index (χ2v) is 6.77. The van der Waals surface area contributed by atoms with Gasteiger partial charge in [-0.05, 0) is 45.9 Å². The molecule has 0 bridgehead atoms. The molecule has 0 spiro atoms. The second-order valence-electron chi connectivity index (χ2n) is 3.28. The highest BCUT2D eigenvalue weighted by Gasteiger charge is 2.34. The number of nitrogens with zero attached hydrogens (tertiary/aromatic N) is 1. The van der Waals surface area contributed by atoms with Gasteiger partial charge >= 0.3 is 0 Å². The van der Waals surface area contributed by atoms with Crippen LogP contribution >= 0.6 is 39.0 Å². The van der Waals surface area contributed by atoms with E-state index in [1.165, 1.54) is 11.3 Å². The minimum absolute atomic E-state index is 0.218. The summed E-state index contributed by atoms with van der Waals surface area (Å²) in [6.07, 6.45) is 1.57. The van der Waals surface area contributed by atoms with Gasteiger partial charge in [0.1, 0.15) is 0 Å². The fraction of sp³-hybridized carbons (Fsp3) is 0.100. The van der Waals surface area contributed by atoms with E-state index in [9.17, 15) is 19.5 Å². The third-order valence-electron chi connectivity index (χ3n) is 2.03. The largest absolute Gasteiger partial charge is 0.548 e. The smallest absolute Gasteiger partial charge is 0.293 e. The van der Waals surface area contributed by atoms with E-state index in [1.54, 1.807) is 12.1 Å². The van der Waals surface area contributed by atoms with Crippen molar-refractivity contribution in [2.75, 3.05) is 6.54 Å². The zero-order valence-electron chi connectivity index (χ0n) is 8.71. The maximum atomic E-state index is 11.8. The predicted molar refractivity (Wildman–Crippen MR) is 69.7 cm³/mol. The molecule has 5 nitrogen and oxygen atoms in total. The Morgan fingerprint density at radius 1 is 1.44 bits per heavy atom. The molecule has 1 aliphatic rings. The molecule has 0 saturated carbocycles. The van der Waals surface area contributed by atoms with Crippen LogP contribution in [-0.2, 0) is 9.59 Å². The first kappa shape index (κ1) is 13.3. The number of carboxylic acid groups (broad SMARTS) is 1. The summed E-state index contributed by atoms with van der Waals surface area (Å²) in [5.41, 5.74) is 0. The van der Waals surface area contributed by atoms with Crippen molar-refractivity contribution in [2.45, 2.75) is 0 Å². The van der Waals surface area contributed by atoms with Gasteiger partial charge in [0.05, 0.1) is 21.2 Å². The monoisotopic (exact) mass is 346 g/mol. The topological polar surface area (TPSA) is 77.5 Å². The first-order valence-electron chi connectivity index (χ1n) is 4.68. The molecule has 0 aliphatic carbocycles. The summed E-state index contributed by atoms with van der Waals surface area (Å²) in [6, 6.07) is 3.61. The molecule has 1 aliphatic heterocycles. The Morgan fingerprint density at radius 2 is 2.17 bits per heavy atom. The standard InChI is InChI=1S/C10H6BrNO4S2/c11-7-2-1-5(17-7)3-6-9(15)12(4-8(13)14)10(16)18-6/h1-3H,4H2,(H,13,14)/p-1/b6-3+. The molecule has 0 atom stereocenters. The highest BCUT2D eigenvalue weighted by molar-refractivity contribution is 9.11. The molecule has 0 unspecified atom stereocenters.